The van der Waals surface area contributed by atoms with Gasteiger partial charge in [-0.2, -0.15) is 0 Å². The van der Waals surface area contributed by atoms with Crippen molar-refractivity contribution in [3.63, 3.8) is 0 Å². The van der Waals surface area contributed by atoms with Crippen molar-refractivity contribution in [2.75, 3.05) is 62.6 Å². The van der Waals surface area contributed by atoms with E-state index in [1.54, 1.807) is 18.2 Å². The smallest absolute Gasteiger partial charge is 0.255 e. The monoisotopic (exact) mass is 603 g/mol. The summed E-state index contributed by atoms with van der Waals surface area (Å²) < 4.78 is 22.4. The van der Waals surface area contributed by atoms with Crippen molar-refractivity contribution in [2.24, 2.45) is 0 Å². The topological polar surface area (TPSA) is 132 Å². The molecule has 0 bridgehead atoms. The van der Waals surface area contributed by atoms with Gasteiger partial charge in [0.15, 0.2) is 0 Å². The number of hydrogen-bond donors (Lipinski definition) is 2. The van der Waals surface area contributed by atoms with Gasteiger partial charge in [-0.05, 0) is 18.6 Å². The van der Waals surface area contributed by atoms with Gasteiger partial charge in [0, 0.05) is 34.2 Å². The van der Waals surface area contributed by atoms with Crippen molar-refractivity contribution < 1.29 is 38.1 Å². The van der Waals surface area contributed by atoms with Crippen LogP contribution in [0.3, 0.4) is 0 Å². The molecule has 0 aromatic heterocycles. The molecule has 11 nitrogen and oxygen atoms in total. The van der Waals surface area contributed by atoms with E-state index in [9.17, 15) is 19.2 Å². The second-order valence-corrected chi connectivity index (χ2v) is 8.94. The fourth-order valence-electron chi connectivity index (χ4n) is 3.77. The van der Waals surface area contributed by atoms with Crippen molar-refractivity contribution in [1.29, 1.82) is 0 Å². The minimum atomic E-state index is -0.709. The number of piperidine rings is 1. The van der Waals surface area contributed by atoms with Crippen LogP contribution >= 0.6 is 22.6 Å². The van der Waals surface area contributed by atoms with Gasteiger partial charge >= 0.3 is 0 Å². The summed E-state index contributed by atoms with van der Waals surface area (Å²) in [5.74, 6) is -1.47. The number of rotatable bonds is 15. The number of amides is 4. The molecule has 12 heteroatoms. The van der Waals surface area contributed by atoms with Gasteiger partial charge in [0.2, 0.25) is 17.7 Å². The number of carbonyl (C=O) groups excluding carboxylic acids is 4. The summed E-state index contributed by atoms with van der Waals surface area (Å²) in [6.07, 6.45) is 0.462. The molecule has 1 unspecified atom stereocenters. The van der Waals surface area contributed by atoms with Gasteiger partial charge < -0.3 is 29.2 Å². The molecule has 0 spiro atoms. The van der Waals surface area contributed by atoms with Gasteiger partial charge in [0.05, 0.1) is 46.2 Å². The highest BCUT2D eigenvalue weighted by molar-refractivity contribution is 14.1. The molecule has 0 aliphatic carbocycles. The molecule has 1 aromatic carbocycles. The van der Waals surface area contributed by atoms with Crippen molar-refractivity contribution in [2.45, 2.75) is 25.4 Å². The molecular weight excluding hydrogens is 573 g/mol. The van der Waals surface area contributed by atoms with Crippen LogP contribution in [0.4, 0.5) is 5.69 Å². The Morgan fingerprint density at radius 2 is 1.66 bits per heavy atom. The van der Waals surface area contributed by atoms with Crippen LogP contribution in [0.2, 0.25) is 0 Å². The number of hydrogen-bond acceptors (Lipinski definition) is 8. The zero-order valence-electron chi connectivity index (χ0n) is 19.4. The number of carbonyl (C=O) groups is 4. The van der Waals surface area contributed by atoms with E-state index in [1.807, 2.05) is 0 Å². The standard InChI is InChI=1S/C23H30IN3O8/c24-6-7-32-8-9-33-10-11-34-12-13-35-15-21(29)25-18-3-1-2-16-17(18)14-27(23(16)31)19-4-5-20(28)26-22(19)30/h1-3,19H,4-15H2,(H,25,29)(H,26,28,30). The number of fused-ring (bicyclic) bond motifs is 1. The van der Waals surface area contributed by atoms with Crippen LogP contribution in [0, 0.1) is 0 Å². The van der Waals surface area contributed by atoms with E-state index >= 15 is 0 Å². The Kier molecular flexibility index (Phi) is 11.3. The fourth-order valence-corrected chi connectivity index (χ4v) is 4.08. The first kappa shape index (κ1) is 27.5. The molecule has 1 aromatic rings. The number of nitrogens with one attached hydrogen (secondary N) is 2. The number of benzene rings is 1. The molecule has 2 aliphatic heterocycles. The number of alkyl halides is 1. The average Bonchev–Trinajstić information content (AvgIpc) is 3.17. The van der Waals surface area contributed by atoms with Crippen LogP contribution < -0.4 is 10.6 Å². The summed E-state index contributed by atoms with van der Waals surface area (Å²) in [5, 5.41) is 5.05. The van der Waals surface area contributed by atoms with Crippen LogP contribution in [0.25, 0.3) is 0 Å². The van der Waals surface area contributed by atoms with Crippen molar-refractivity contribution >= 4 is 51.9 Å². The second kappa shape index (κ2) is 14.4. The van der Waals surface area contributed by atoms with Gasteiger partial charge in [0.1, 0.15) is 12.6 Å². The summed E-state index contributed by atoms with van der Waals surface area (Å²) in [4.78, 5) is 50.3. The Labute approximate surface area is 217 Å². The highest BCUT2D eigenvalue weighted by Gasteiger charge is 2.39. The van der Waals surface area contributed by atoms with E-state index < -0.39 is 11.9 Å². The summed E-state index contributed by atoms with van der Waals surface area (Å²) >= 11 is 2.25. The van der Waals surface area contributed by atoms with Crippen molar-refractivity contribution in [3.05, 3.63) is 29.3 Å². The van der Waals surface area contributed by atoms with Crippen LogP contribution in [0.5, 0.6) is 0 Å². The van der Waals surface area contributed by atoms with E-state index in [0.29, 0.717) is 49.8 Å². The first-order valence-corrected chi connectivity index (χ1v) is 13.0. The SMILES string of the molecule is O=C1CCC(N2Cc3c(NC(=O)COCCOCCOCCOCCI)cccc3C2=O)C(=O)N1. The number of imide groups is 1. The number of nitrogens with zero attached hydrogens (tertiary/aromatic N) is 1. The third kappa shape index (κ3) is 8.20. The Morgan fingerprint density at radius 1 is 1.00 bits per heavy atom. The fraction of sp³-hybridized carbons (Fsp3) is 0.565. The maximum Gasteiger partial charge on any atom is 0.255 e. The summed E-state index contributed by atoms with van der Waals surface area (Å²) in [7, 11) is 0. The molecule has 35 heavy (non-hydrogen) atoms. The van der Waals surface area contributed by atoms with E-state index in [-0.39, 0.29) is 50.3 Å². The Hall–Kier alpha value is -2.13. The molecule has 2 N–H and O–H groups in total. The quantitative estimate of drug-likeness (QED) is 0.131. The lowest BCUT2D eigenvalue weighted by molar-refractivity contribution is -0.137. The molecule has 2 heterocycles. The van der Waals surface area contributed by atoms with Crippen LogP contribution in [-0.2, 0) is 39.9 Å². The Morgan fingerprint density at radius 3 is 2.31 bits per heavy atom. The third-order valence-electron chi connectivity index (χ3n) is 5.43. The van der Waals surface area contributed by atoms with Crippen LogP contribution in [0.15, 0.2) is 18.2 Å². The van der Waals surface area contributed by atoms with Gasteiger partial charge in [-0.3, -0.25) is 24.5 Å². The summed E-state index contributed by atoms with van der Waals surface area (Å²) in [5.41, 5.74) is 1.56. The van der Waals surface area contributed by atoms with Crippen molar-refractivity contribution in [1.82, 2.24) is 10.2 Å². The van der Waals surface area contributed by atoms with E-state index in [0.717, 1.165) is 11.0 Å². The molecule has 0 radical (unpaired) electrons. The molecule has 0 saturated carbocycles. The lowest BCUT2D eigenvalue weighted by Crippen LogP contribution is -2.52. The van der Waals surface area contributed by atoms with Crippen LogP contribution in [0.1, 0.15) is 28.8 Å². The van der Waals surface area contributed by atoms with Gasteiger partial charge in [0.25, 0.3) is 5.91 Å². The van der Waals surface area contributed by atoms with Gasteiger partial charge in [-0.25, -0.2) is 0 Å². The molecule has 1 saturated heterocycles. The third-order valence-corrected chi connectivity index (χ3v) is 5.87. The molecule has 192 valence electrons. The summed E-state index contributed by atoms with van der Waals surface area (Å²) in [6, 6.07) is 4.33. The molecule has 4 amide bonds. The maximum atomic E-state index is 12.9. The number of halogens is 1. The zero-order valence-corrected chi connectivity index (χ0v) is 21.5. The largest absolute Gasteiger partial charge is 0.378 e. The minimum absolute atomic E-state index is 0.164. The lowest BCUT2D eigenvalue weighted by Gasteiger charge is -2.29. The van der Waals surface area contributed by atoms with E-state index in [2.05, 4.69) is 33.2 Å². The van der Waals surface area contributed by atoms with E-state index in [1.165, 1.54) is 4.90 Å². The molecule has 2 aliphatic rings. The first-order valence-electron chi connectivity index (χ1n) is 11.4. The molecule has 1 atom stereocenters. The zero-order chi connectivity index (χ0) is 25.0. The second-order valence-electron chi connectivity index (χ2n) is 7.86. The highest BCUT2D eigenvalue weighted by Crippen LogP contribution is 2.32. The Balaban J connectivity index is 1.35. The van der Waals surface area contributed by atoms with Crippen molar-refractivity contribution in [3.8, 4) is 0 Å². The normalized spacial score (nSPS) is 17.5. The molecular formula is C23H30IN3O8. The minimum Gasteiger partial charge on any atom is -0.378 e. The average molecular weight is 603 g/mol. The predicted octanol–water partition coefficient (Wildman–Crippen LogP) is 0.888. The first-order chi connectivity index (χ1) is 17.0. The van der Waals surface area contributed by atoms with Gasteiger partial charge in [-0.1, -0.05) is 28.7 Å². The van der Waals surface area contributed by atoms with E-state index in [4.69, 9.17) is 18.9 Å². The maximum absolute atomic E-state index is 12.9. The Bertz CT molecular complexity index is 913. The highest BCUT2D eigenvalue weighted by atomic mass is 127. The van der Waals surface area contributed by atoms with Gasteiger partial charge in [-0.15, -0.1) is 0 Å². The number of ether oxygens (including phenoxy) is 4. The number of anilines is 1. The van der Waals surface area contributed by atoms with Crippen LogP contribution in [-0.4, -0.2) is 91.9 Å². The summed E-state index contributed by atoms with van der Waals surface area (Å²) in [6.45, 7) is 3.29. The molecule has 3 rings (SSSR count). The lowest BCUT2D eigenvalue weighted by atomic mass is 10.0. The predicted molar refractivity (Wildman–Crippen MR) is 133 cm³/mol. The molecule has 1 fully saturated rings.